The number of sulfonamides is 1. The van der Waals surface area contributed by atoms with Crippen molar-refractivity contribution in [3.8, 4) is 11.6 Å². The number of aromatic nitrogens is 1. The van der Waals surface area contributed by atoms with Gasteiger partial charge >= 0.3 is 0 Å². The number of anilines is 1. The van der Waals surface area contributed by atoms with Crippen LogP contribution in [0.3, 0.4) is 0 Å². The zero-order valence-electron chi connectivity index (χ0n) is 16.5. The fourth-order valence-electron chi connectivity index (χ4n) is 2.48. The number of nitrogens with one attached hydrogen (secondary N) is 2. The Balaban J connectivity index is 1.60. The molecule has 0 atom stereocenters. The number of nitrogens with zero attached hydrogens (tertiary/aromatic N) is 1. The van der Waals surface area contributed by atoms with Gasteiger partial charge in [-0.15, -0.1) is 0 Å². The monoisotopic (exact) mass is 445 g/mol. The number of benzene rings is 2. The largest absolute Gasteiger partial charge is 0.439 e. The molecule has 1 amide bonds. The van der Waals surface area contributed by atoms with E-state index in [1.807, 2.05) is 0 Å². The molecular weight excluding hydrogens is 425 g/mol. The predicted octanol–water partition coefficient (Wildman–Crippen LogP) is 3.19. The lowest BCUT2D eigenvalue weighted by molar-refractivity contribution is 0.0936. The van der Waals surface area contributed by atoms with Gasteiger partial charge in [0.15, 0.2) is 0 Å². The van der Waals surface area contributed by atoms with Crippen LogP contribution in [0.15, 0.2) is 71.8 Å². The number of carbonyl (C=O) groups excluding carboxylic acids is 1. The van der Waals surface area contributed by atoms with Gasteiger partial charge in [-0.1, -0.05) is 0 Å². The van der Waals surface area contributed by atoms with Crippen molar-refractivity contribution in [3.63, 3.8) is 0 Å². The number of carbonyl (C=O) groups is 1. The van der Waals surface area contributed by atoms with Crippen molar-refractivity contribution in [1.29, 1.82) is 0 Å². The Hall–Kier alpha value is -3.50. The lowest BCUT2D eigenvalue weighted by Gasteiger charge is -2.10. The molecule has 31 heavy (non-hydrogen) atoms. The van der Waals surface area contributed by atoms with Gasteiger partial charge in [-0.25, -0.2) is 17.8 Å². The highest BCUT2D eigenvalue weighted by Gasteiger charge is 2.14. The number of rotatable bonds is 9. The summed E-state index contributed by atoms with van der Waals surface area (Å²) in [5.74, 6) is -0.0923. The highest BCUT2D eigenvalue weighted by atomic mass is 32.2. The maximum absolute atomic E-state index is 13.0. The van der Waals surface area contributed by atoms with E-state index in [2.05, 4.69) is 15.0 Å². The molecule has 0 aliphatic rings. The minimum absolute atomic E-state index is 0.0511. The van der Waals surface area contributed by atoms with Gasteiger partial charge in [0.05, 0.1) is 17.1 Å². The quantitative estimate of drug-likeness (QED) is 0.490. The molecule has 0 unspecified atom stereocenters. The summed E-state index contributed by atoms with van der Waals surface area (Å²) in [6.45, 7) is 0.807. The molecule has 0 saturated carbocycles. The second-order valence-electron chi connectivity index (χ2n) is 6.32. The Morgan fingerprint density at radius 3 is 2.35 bits per heavy atom. The van der Waals surface area contributed by atoms with Crippen LogP contribution in [0.2, 0.25) is 0 Å². The van der Waals surface area contributed by atoms with Crippen molar-refractivity contribution in [1.82, 2.24) is 10.3 Å². The first-order valence-electron chi connectivity index (χ1n) is 9.17. The third-order valence-electron chi connectivity index (χ3n) is 4.04. The fourth-order valence-corrected chi connectivity index (χ4v) is 3.54. The fraction of sp³-hybridized carbons (Fsp3) is 0.143. The third-order valence-corrected chi connectivity index (χ3v) is 5.44. The minimum Gasteiger partial charge on any atom is -0.439 e. The first-order chi connectivity index (χ1) is 14.9. The number of hydrogen-bond donors (Lipinski definition) is 2. The van der Waals surface area contributed by atoms with E-state index >= 15 is 0 Å². The van der Waals surface area contributed by atoms with E-state index in [0.29, 0.717) is 30.2 Å². The van der Waals surface area contributed by atoms with Crippen LogP contribution in [0.4, 0.5) is 10.1 Å². The second kappa shape index (κ2) is 10.0. The minimum atomic E-state index is -3.84. The molecule has 8 nitrogen and oxygen atoms in total. The molecule has 10 heteroatoms. The Morgan fingerprint density at radius 1 is 1.03 bits per heavy atom. The van der Waals surface area contributed by atoms with Crippen LogP contribution in [0.1, 0.15) is 10.4 Å². The van der Waals surface area contributed by atoms with Crippen LogP contribution >= 0.6 is 0 Å². The SMILES string of the molecule is COCCNC(=O)c1ccc(Oc2ccc(NS(=O)(=O)c3ccc(F)cc3)cc2)nc1. The normalized spacial score (nSPS) is 11.0. The van der Waals surface area contributed by atoms with Gasteiger partial charge in [0.2, 0.25) is 5.88 Å². The molecule has 0 aliphatic carbocycles. The zero-order valence-corrected chi connectivity index (χ0v) is 17.4. The van der Waals surface area contributed by atoms with Crippen molar-refractivity contribution in [2.45, 2.75) is 4.90 Å². The van der Waals surface area contributed by atoms with Gasteiger partial charge in [-0.2, -0.15) is 0 Å². The number of amides is 1. The summed E-state index contributed by atoms with van der Waals surface area (Å²) in [4.78, 5) is 16.0. The van der Waals surface area contributed by atoms with E-state index in [1.54, 1.807) is 31.4 Å². The second-order valence-corrected chi connectivity index (χ2v) is 8.00. The number of hydrogen-bond acceptors (Lipinski definition) is 6. The molecule has 1 aromatic heterocycles. The molecule has 3 rings (SSSR count). The maximum atomic E-state index is 13.0. The van der Waals surface area contributed by atoms with Crippen LogP contribution in [0, 0.1) is 5.82 Å². The zero-order chi connectivity index (χ0) is 22.3. The van der Waals surface area contributed by atoms with Gasteiger partial charge in [0.1, 0.15) is 11.6 Å². The molecule has 1 heterocycles. The summed E-state index contributed by atoms with van der Waals surface area (Å²) in [6.07, 6.45) is 1.39. The van der Waals surface area contributed by atoms with E-state index in [-0.39, 0.29) is 16.7 Å². The first-order valence-corrected chi connectivity index (χ1v) is 10.7. The molecule has 2 N–H and O–H groups in total. The standard InChI is InChI=1S/C21H20FN3O5S/c1-29-13-12-23-21(26)15-2-11-20(24-14-15)30-18-7-5-17(6-8-18)25-31(27,28)19-9-3-16(22)4-10-19/h2-11,14,25H,12-13H2,1H3,(H,23,26). The number of halogens is 1. The molecule has 0 spiro atoms. The topological polar surface area (TPSA) is 107 Å². The average Bonchev–Trinajstić information content (AvgIpc) is 2.76. The van der Waals surface area contributed by atoms with Crippen molar-refractivity contribution < 1.29 is 27.1 Å². The number of ether oxygens (including phenoxy) is 2. The molecule has 162 valence electrons. The first kappa shape index (κ1) is 22.2. The Morgan fingerprint density at radius 2 is 1.74 bits per heavy atom. The van der Waals surface area contributed by atoms with E-state index < -0.39 is 15.8 Å². The van der Waals surface area contributed by atoms with Crippen molar-refractivity contribution in [2.75, 3.05) is 25.0 Å². The lowest BCUT2D eigenvalue weighted by Crippen LogP contribution is -2.26. The summed E-state index contributed by atoms with van der Waals surface area (Å²) < 4.78 is 50.6. The van der Waals surface area contributed by atoms with Crippen LogP contribution in [-0.4, -0.2) is 39.6 Å². The molecular formula is C21H20FN3O5S. The van der Waals surface area contributed by atoms with E-state index in [4.69, 9.17) is 9.47 Å². The van der Waals surface area contributed by atoms with Gasteiger partial charge < -0.3 is 14.8 Å². The van der Waals surface area contributed by atoms with Gasteiger partial charge in [-0.05, 0) is 54.6 Å². The molecule has 3 aromatic rings. The van der Waals surface area contributed by atoms with Crippen molar-refractivity contribution in [2.24, 2.45) is 0 Å². The molecule has 0 radical (unpaired) electrons. The number of pyridine rings is 1. The summed E-state index contributed by atoms with van der Waals surface area (Å²) in [7, 11) is -2.29. The maximum Gasteiger partial charge on any atom is 0.261 e. The predicted molar refractivity (Wildman–Crippen MR) is 112 cm³/mol. The van der Waals surface area contributed by atoms with E-state index in [0.717, 1.165) is 12.1 Å². The van der Waals surface area contributed by atoms with E-state index in [9.17, 15) is 17.6 Å². The third kappa shape index (κ3) is 6.24. The van der Waals surface area contributed by atoms with Crippen molar-refractivity contribution >= 4 is 21.6 Å². The summed E-state index contributed by atoms with van der Waals surface area (Å²) in [6, 6.07) is 13.8. The average molecular weight is 445 g/mol. The Bertz CT molecular complexity index is 1120. The molecule has 0 saturated heterocycles. The molecule has 0 bridgehead atoms. The summed E-state index contributed by atoms with van der Waals surface area (Å²) >= 11 is 0. The van der Waals surface area contributed by atoms with Crippen molar-refractivity contribution in [3.05, 3.63) is 78.2 Å². The summed E-state index contributed by atoms with van der Waals surface area (Å²) in [5.41, 5.74) is 0.696. The van der Waals surface area contributed by atoms with Gasteiger partial charge in [0.25, 0.3) is 15.9 Å². The van der Waals surface area contributed by atoms with Crippen LogP contribution in [-0.2, 0) is 14.8 Å². The highest BCUT2D eigenvalue weighted by molar-refractivity contribution is 7.92. The Kier molecular flexibility index (Phi) is 7.16. The summed E-state index contributed by atoms with van der Waals surface area (Å²) in [5, 5.41) is 2.69. The molecule has 2 aromatic carbocycles. The Labute approximate surface area is 179 Å². The van der Waals surface area contributed by atoms with Crippen LogP contribution < -0.4 is 14.8 Å². The van der Waals surface area contributed by atoms with Crippen LogP contribution in [0.5, 0.6) is 11.6 Å². The molecule has 0 fully saturated rings. The molecule has 0 aliphatic heterocycles. The van der Waals surface area contributed by atoms with Gasteiger partial charge in [0, 0.05) is 31.6 Å². The smallest absolute Gasteiger partial charge is 0.261 e. The lowest BCUT2D eigenvalue weighted by atomic mass is 10.2. The number of methoxy groups -OCH3 is 1. The highest BCUT2D eigenvalue weighted by Crippen LogP contribution is 2.23. The van der Waals surface area contributed by atoms with Gasteiger partial charge in [-0.3, -0.25) is 9.52 Å². The van der Waals surface area contributed by atoms with E-state index in [1.165, 1.54) is 30.5 Å². The van der Waals surface area contributed by atoms with Crippen LogP contribution in [0.25, 0.3) is 0 Å².